The molecule has 164 valence electrons. The number of benzene rings is 2. The van der Waals surface area contributed by atoms with Gasteiger partial charge >= 0.3 is 0 Å². The molecule has 0 aliphatic rings. The molecule has 0 fully saturated rings. The van der Waals surface area contributed by atoms with E-state index in [1.54, 1.807) is 19.1 Å². The van der Waals surface area contributed by atoms with Crippen LogP contribution in [0.3, 0.4) is 0 Å². The van der Waals surface area contributed by atoms with Gasteiger partial charge in [0.05, 0.1) is 5.75 Å². The second-order valence-electron chi connectivity index (χ2n) is 8.52. The average molecular weight is 435 g/mol. The molecular formula is C23H31FN2O3S. The topological polar surface area (TPSA) is 75.3 Å². The Morgan fingerprint density at radius 1 is 1.13 bits per heavy atom. The molecule has 5 nitrogen and oxygen atoms in total. The first kappa shape index (κ1) is 23.9. The Kier molecular flexibility index (Phi) is 7.64. The summed E-state index contributed by atoms with van der Waals surface area (Å²) in [6.45, 7) is 9.78. The lowest BCUT2D eigenvalue weighted by atomic mass is 9.85. The van der Waals surface area contributed by atoms with Crippen molar-refractivity contribution in [3.05, 3.63) is 65.0 Å². The van der Waals surface area contributed by atoms with Crippen LogP contribution in [0, 0.1) is 5.82 Å². The maximum absolute atomic E-state index is 14.1. The zero-order valence-corrected chi connectivity index (χ0v) is 19.1. The molecule has 0 aromatic heterocycles. The number of carbonyl (C=O) groups is 1. The minimum Gasteiger partial charge on any atom is -0.352 e. The lowest BCUT2D eigenvalue weighted by Gasteiger charge is -2.20. The summed E-state index contributed by atoms with van der Waals surface area (Å²) in [4.78, 5) is 12.5. The van der Waals surface area contributed by atoms with Gasteiger partial charge in [0.25, 0.3) is 5.91 Å². The molecule has 2 rings (SSSR count). The molecule has 0 radical (unpaired) electrons. The molecule has 0 heterocycles. The van der Waals surface area contributed by atoms with Crippen LogP contribution in [-0.4, -0.2) is 26.6 Å². The Balaban J connectivity index is 1.98. The van der Waals surface area contributed by atoms with Crippen molar-refractivity contribution in [1.29, 1.82) is 0 Å². The lowest BCUT2D eigenvalue weighted by molar-refractivity contribution is 0.0952. The van der Waals surface area contributed by atoms with Gasteiger partial charge in [0.1, 0.15) is 5.82 Å². The normalized spacial score (nSPS) is 13.0. The number of nitrogens with one attached hydrogen (secondary N) is 2. The van der Waals surface area contributed by atoms with Crippen molar-refractivity contribution >= 4 is 21.6 Å². The second kappa shape index (κ2) is 9.60. The summed E-state index contributed by atoms with van der Waals surface area (Å²) in [5.74, 6) is -0.419. The van der Waals surface area contributed by atoms with Gasteiger partial charge in [-0.15, -0.1) is 0 Å². The third-order valence-electron chi connectivity index (χ3n) is 5.01. The van der Waals surface area contributed by atoms with Crippen molar-refractivity contribution in [2.24, 2.45) is 0 Å². The van der Waals surface area contributed by atoms with Gasteiger partial charge in [-0.05, 0) is 66.1 Å². The Hall–Kier alpha value is -2.41. The van der Waals surface area contributed by atoms with E-state index in [1.807, 2.05) is 45.9 Å². The molecule has 1 amide bonds. The Morgan fingerprint density at radius 2 is 1.83 bits per heavy atom. The van der Waals surface area contributed by atoms with Crippen molar-refractivity contribution in [2.45, 2.75) is 52.4 Å². The van der Waals surface area contributed by atoms with Crippen LogP contribution in [0.5, 0.6) is 0 Å². The maximum atomic E-state index is 14.1. The number of anilines is 1. The largest absolute Gasteiger partial charge is 0.352 e. The van der Waals surface area contributed by atoms with E-state index < -0.39 is 10.0 Å². The minimum atomic E-state index is -3.32. The van der Waals surface area contributed by atoms with E-state index in [-0.39, 0.29) is 28.8 Å². The van der Waals surface area contributed by atoms with Crippen LogP contribution in [0.2, 0.25) is 0 Å². The fraction of sp³-hybridized carbons (Fsp3) is 0.435. The van der Waals surface area contributed by atoms with Gasteiger partial charge in [-0.25, -0.2) is 12.8 Å². The van der Waals surface area contributed by atoms with Crippen LogP contribution in [0.1, 0.15) is 68.4 Å². The van der Waals surface area contributed by atoms with Crippen LogP contribution >= 0.6 is 0 Å². The Morgan fingerprint density at radius 3 is 2.47 bits per heavy atom. The summed E-state index contributed by atoms with van der Waals surface area (Å²) in [5, 5.41) is 2.89. The van der Waals surface area contributed by atoms with Gasteiger partial charge in [-0.3, -0.25) is 9.52 Å². The van der Waals surface area contributed by atoms with Gasteiger partial charge in [-0.2, -0.15) is 0 Å². The quantitative estimate of drug-likeness (QED) is 0.626. The maximum Gasteiger partial charge on any atom is 0.251 e. The number of rotatable bonds is 8. The highest BCUT2D eigenvalue weighted by Gasteiger charge is 2.20. The zero-order valence-electron chi connectivity index (χ0n) is 18.3. The zero-order chi connectivity index (χ0) is 22.5. The summed E-state index contributed by atoms with van der Waals surface area (Å²) in [6, 6.07) is 11.7. The highest BCUT2D eigenvalue weighted by molar-refractivity contribution is 7.92. The van der Waals surface area contributed by atoms with E-state index in [9.17, 15) is 17.6 Å². The molecule has 30 heavy (non-hydrogen) atoms. The van der Waals surface area contributed by atoms with Gasteiger partial charge < -0.3 is 5.32 Å². The average Bonchev–Trinajstić information content (AvgIpc) is 2.67. The molecule has 0 saturated heterocycles. The summed E-state index contributed by atoms with van der Waals surface area (Å²) in [5.41, 5.74) is 2.07. The van der Waals surface area contributed by atoms with E-state index in [0.29, 0.717) is 29.8 Å². The van der Waals surface area contributed by atoms with Crippen molar-refractivity contribution in [1.82, 2.24) is 5.32 Å². The van der Waals surface area contributed by atoms with Crippen molar-refractivity contribution in [2.75, 3.05) is 17.0 Å². The van der Waals surface area contributed by atoms with E-state index in [0.717, 1.165) is 5.56 Å². The third kappa shape index (κ3) is 6.55. The van der Waals surface area contributed by atoms with Crippen molar-refractivity contribution in [3.63, 3.8) is 0 Å². The van der Waals surface area contributed by atoms with Gasteiger partial charge in [0.15, 0.2) is 0 Å². The van der Waals surface area contributed by atoms with Gasteiger partial charge in [0.2, 0.25) is 10.0 Å². The molecule has 0 saturated carbocycles. The SMILES string of the molecule is CCS(=O)(=O)Nc1cccc(C(C)CCNC(=O)c2ccc(F)c(C(C)(C)C)c2)c1. The van der Waals surface area contributed by atoms with Crippen LogP contribution in [-0.2, 0) is 15.4 Å². The van der Waals surface area contributed by atoms with Crippen LogP contribution in [0.15, 0.2) is 42.5 Å². The molecule has 0 aliphatic carbocycles. The number of carbonyl (C=O) groups excluding carboxylic acids is 1. The minimum absolute atomic E-state index is 0.0130. The van der Waals surface area contributed by atoms with Crippen LogP contribution < -0.4 is 10.0 Å². The van der Waals surface area contributed by atoms with Crippen LogP contribution in [0.25, 0.3) is 0 Å². The van der Waals surface area contributed by atoms with E-state index in [4.69, 9.17) is 0 Å². The molecule has 2 N–H and O–H groups in total. The first-order valence-corrected chi connectivity index (χ1v) is 11.8. The molecule has 2 aromatic carbocycles. The Bertz CT molecular complexity index is 998. The fourth-order valence-electron chi connectivity index (χ4n) is 3.07. The van der Waals surface area contributed by atoms with E-state index in [2.05, 4.69) is 10.0 Å². The number of hydrogen-bond acceptors (Lipinski definition) is 3. The molecule has 0 spiro atoms. The van der Waals surface area contributed by atoms with Gasteiger partial charge in [-0.1, -0.05) is 39.8 Å². The highest BCUT2D eigenvalue weighted by Crippen LogP contribution is 2.26. The molecule has 1 atom stereocenters. The standard InChI is InChI=1S/C23H31FN2O3S/c1-6-30(28,29)26-19-9-7-8-17(14-19)16(2)12-13-25-22(27)18-10-11-21(24)20(15-18)23(3,4)5/h7-11,14-16,26H,6,12-13H2,1-5H3,(H,25,27). The fourth-order valence-corrected chi connectivity index (χ4v) is 3.70. The molecule has 1 unspecified atom stereocenters. The number of sulfonamides is 1. The number of amides is 1. The predicted octanol–water partition coefficient (Wildman–Crippen LogP) is 4.81. The number of halogens is 1. The first-order valence-electron chi connectivity index (χ1n) is 10.1. The van der Waals surface area contributed by atoms with Gasteiger partial charge in [0, 0.05) is 17.8 Å². The lowest BCUT2D eigenvalue weighted by Crippen LogP contribution is -2.26. The third-order valence-corrected chi connectivity index (χ3v) is 6.32. The van der Waals surface area contributed by atoms with Crippen molar-refractivity contribution in [3.8, 4) is 0 Å². The summed E-state index contributed by atoms with van der Waals surface area (Å²) < 4.78 is 40.1. The monoisotopic (exact) mass is 434 g/mol. The summed E-state index contributed by atoms with van der Waals surface area (Å²) in [6.07, 6.45) is 0.684. The van der Waals surface area contributed by atoms with E-state index >= 15 is 0 Å². The first-order chi connectivity index (χ1) is 13.9. The molecule has 0 aliphatic heterocycles. The predicted molar refractivity (Wildman–Crippen MR) is 120 cm³/mol. The molecule has 0 bridgehead atoms. The summed E-state index contributed by atoms with van der Waals surface area (Å²) in [7, 11) is -3.32. The second-order valence-corrected chi connectivity index (χ2v) is 10.5. The summed E-state index contributed by atoms with van der Waals surface area (Å²) >= 11 is 0. The molecule has 2 aromatic rings. The molecular weight excluding hydrogens is 403 g/mol. The van der Waals surface area contributed by atoms with E-state index in [1.165, 1.54) is 12.1 Å². The van der Waals surface area contributed by atoms with Crippen molar-refractivity contribution < 1.29 is 17.6 Å². The highest BCUT2D eigenvalue weighted by atomic mass is 32.2. The molecule has 7 heteroatoms. The van der Waals surface area contributed by atoms with Crippen LogP contribution in [0.4, 0.5) is 10.1 Å². The smallest absolute Gasteiger partial charge is 0.251 e. The Labute approximate surface area is 179 Å². The number of hydrogen-bond donors (Lipinski definition) is 2.